The van der Waals surface area contributed by atoms with Crippen molar-refractivity contribution in [1.82, 2.24) is 0 Å². The van der Waals surface area contributed by atoms with Crippen molar-refractivity contribution in [2.45, 2.75) is 32.3 Å². The van der Waals surface area contributed by atoms with Crippen molar-refractivity contribution < 1.29 is 34.4 Å². The van der Waals surface area contributed by atoms with Crippen molar-refractivity contribution in [3.05, 3.63) is 11.6 Å². The number of rotatable bonds is 7. The molecule has 0 spiro atoms. The molecule has 1 saturated carbocycles. The van der Waals surface area contributed by atoms with Gasteiger partial charge in [-0.25, -0.2) is 4.79 Å². The molecule has 0 aliphatic heterocycles. The van der Waals surface area contributed by atoms with E-state index in [1.807, 2.05) is 13.8 Å². The van der Waals surface area contributed by atoms with E-state index in [-0.39, 0.29) is 24.0 Å². The molecule has 0 heterocycles. The highest BCUT2D eigenvalue weighted by Crippen LogP contribution is 2.46. The standard InChI is InChI=1S/C17H28O7/c1-10(2)12-5-6-17(22,9-23-3)14(16(21)24-4)13(12)7-11(8-18)15(19)20/h7,10,12-14,18,22H,5-6,8-9H2,1-4H3,(H,19,20)/b11-7+/t12-,13-,14-,17-/m1/s1. The second-order valence-corrected chi connectivity index (χ2v) is 6.72. The Hall–Kier alpha value is -1.44. The summed E-state index contributed by atoms with van der Waals surface area (Å²) in [5.41, 5.74) is -1.63. The Morgan fingerprint density at radius 2 is 1.96 bits per heavy atom. The van der Waals surface area contributed by atoms with E-state index >= 15 is 0 Å². The predicted octanol–water partition coefficient (Wildman–Crippen LogP) is 0.839. The number of carboxylic acid groups (broad SMARTS) is 1. The first-order valence-electron chi connectivity index (χ1n) is 8.05. The van der Waals surface area contributed by atoms with E-state index in [1.54, 1.807) is 0 Å². The fourth-order valence-electron chi connectivity index (χ4n) is 3.71. The van der Waals surface area contributed by atoms with Crippen molar-refractivity contribution in [2.24, 2.45) is 23.7 Å². The van der Waals surface area contributed by atoms with Crippen LogP contribution in [0, 0.1) is 23.7 Å². The number of allylic oxidation sites excluding steroid dienone is 1. The van der Waals surface area contributed by atoms with Gasteiger partial charge in [0.2, 0.25) is 0 Å². The first kappa shape index (κ1) is 20.6. The van der Waals surface area contributed by atoms with Crippen LogP contribution in [0.1, 0.15) is 26.7 Å². The molecule has 1 rings (SSSR count). The van der Waals surface area contributed by atoms with Crippen LogP contribution in [0.5, 0.6) is 0 Å². The van der Waals surface area contributed by atoms with Gasteiger partial charge < -0.3 is 24.8 Å². The molecule has 0 saturated heterocycles. The minimum Gasteiger partial charge on any atom is -0.478 e. The Bertz CT molecular complexity index is 485. The number of carbonyl (C=O) groups is 2. The van der Waals surface area contributed by atoms with Gasteiger partial charge in [0.05, 0.1) is 31.8 Å². The summed E-state index contributed by atoms with van der Waals surface area (Å²) in [7, 11) is 2.67. The van der Waals surface area contributed by atoms with Crippen LogP contribution in [-0.2, 0) is 19.1 Å². The van der Waals surface area contributed by atoms with Gasteiger partial charge in [0.25, 0.3) is 0 Å². The second kappa shape index (κ2) is 8.60. The molecule has 0 amide bonds. The van der Waals surface area contributed by atoms with Gasteiger partial charge >= 0.3 is 11.9 Å². The van der Waals surface area contributed by atoms with Crippen molar-refractivity contribution >= 4 is 11.9 Å². The van der Waals surface area contributed by atoms with Crippen LogP contribution in [0.2, 0.25) is 0 Å². The molecule has 4 atom stereocenters. The van der Waals surface area contributed by atoms with Crippen molar-refractivity contribution in [1.29, 1.82) is 0 Å². The Kier molecular flexibility index (Phi) is 7.38. The van der Waals surface area contributed by atoms with E-state index < -0.39 is 36.0 Å². The fraction of sp³-hybridized carbons (Fsp3) is 0.765. The summed E-state index contributed by atoms with van der Waals surface area (Å²) in [6, 6.07) is 0. The van der Waals surface area contributed by atoms with E-state index in [0.29, 0.717) is 12.8 Å². The van der Waals surface area contributed by atoms with Gasteiger partial charge in [-0.15, -0.1) is 0 Å². The average molecular weight is 344 g/mol. The van der Waals surface area contributed by atoms with Crippen molar-refractivity contribution in [3.8, 4) is 0 Å². The molecule has 7 nitrogen and oxygen atoms in total. The highest BCUT2D eigenvalue weighted by molar-refractivity contribution is 5.87. The third-order valence-corrected chi connectivity index (χ3v) is 4.91. The molecule has 7 heteroatoms. The molecule has 1 aliphatic carbocycles. The summed E-state index contributed by atoms with van der Waals surface area (Å²) >= 11 is 0. The zero-order valence-corrected chi connectivity index (χ0v) is 14.7. The summed E-state index contributed by atoms with van der Waals surface area (Å²) in [4.78, 5) is 23.7. The lowest BCUT2D eigenvalue weighted by atomic mass is 9.61. The smallest absolute Gasteiger partial charge is 0.333 e. The highest BCUT2D eigenvalue weighted by atomic mass is 16.5. The second-order valence-electron chi connectivity index (χ2n) is 6.72. The summed E-state index contributed by atoms with van der Waals surface area (Å²) in [5, 5.41) is 29.5. The molecule has 1 fully saturated rings. The minimum atomic E-state index is -1.44. The van der Waals surface area contributed by atoms with Crippen LogP contribution in [0.25, 0.3) is 0 Å². The minimum absolute atomic E-state index is 0.0212. The number of hydrogen-bond donors (Lipinski definition) is 3. The molecule has 0 unspecified atom stereocenters. The molecule has 3 N–H and O–H groups in total. The Morgan fingerprint density at radius 1 is 1.33 bits per heavy atom. The lowest BCUT2D eigenvalue weighted by Crippen LogP contribution is -2.55. The number of hydrogen-bond acceptors (Lipinski definition) is 6. The van der Waals surface area contributed by atoms with E-state index in [1.165, 1.54) is 20.3 Å². The lowest BCUT2D eigenvalue weighted by Gasteiger charge is -2.47. The molecule has 0 aromatic heterocycles. The summed E-state index contributed by atoms with van der Waals surface area (Å²) in [5.74, 6) is -3.23. The molecule has 0 radical (unpaired) electrons. The van der Waals surface area contributed by atoms with Crippen molar-refractivity contribution in [3.63, 3.8) is 0 Å². The van der Waals surface area contributed by atoms with Crippen LogP contribution in [-0.4, -0.2) is 60.3 Å². The number of aliphatic hydroxyl groups excluding tert-OH is 1. The van der Waals surface area contributed by atoms with E-state index in [9.17, 15) is 24.9 Å². The normalized spacial score (nSPS) is 31.1. The number of ether oxygens (including phenoxy) is 2. The molecule has 138 valence electrons. The maximum absolute atomic E-state index is 12.4. The highest BCUT2D eigenvalue weighted by Gasteiger charge is 2.52. The van der Waals surface area contributed by atoms with Gasteiger partial charge in [0.15, 0.2) is 0 Å². The molecular formula is C17H28O7. The maximum Gasteiger partial charge on any atom is 0.333 e. The first-order chi connectivity index (χ1) is 11.2. The summed E-state index contributed by atoms with van der Waals surface area (Å²) in [6.45, 7) is 3.27. The summed E-state index contributed by atoms with van der Waals surface area (Å²) < 4.78 is 9.96. The summed E-state index contributed by atoms with van der Waals surface area (Å²) in [6.07, 6.45) is 2.37. The topological polar surface area (TPSA) is 113 Å². The Morgan fingerprint density at radius 3 is 2.38 bits per heavy atom. The quantitative estimate of drug-likeness (QED) is 0.463. The number of carboxylic acids is 1. The number of esters is 1. The molecule has 0 aromatic rings. The average Bonchev–Trinajstić information content (AvgIpc) is 2.51. The zero-order valence-electron chi connectivity index (χ0n) is 14.7. The van der Waals surface area contributed by atoms with E-state index in [4.69, 9.17) is 9.47 Å². The van der Waals surface area contributed by atoms with Crippen LogP contribution >= 0.6 is 0 Å². The van der Waals surface area contributed by atoms with Gasteiger partial charge in [-0.3, -0.25) is 4.79 Å². The Labute approximate surface area is 142 Å². The van der Waals surface area contributed by atoms with Crippen LogP contribution in [0.15, 0.2) is 11.6 Å². The predicted molar refractivity (Wildman–Crippen MR) is 86.2 cm³/mol. The molecule has 0 bridgehead atoms. The molecular weight excluding hydrogens is 316 g/mol. The Balaban J connectivity index is 3.42. The zero-order chi connectivity index (χ0) is 18.5. The molecule has 0 aromatic carbocycles. The van der Waals surface area contributed by atoms with E-state index in [2.05, 4.69) is 0 Å². The largest absolute Gasteiger partial charge is 0.478 e. The monoisotopic (exact) mass is 344 g/mol. The SMILES string of the molecule is COC[C@]1(O)CC[C@H](C(C)C)[C@@H](/C=C(\CO)C(=O)O)[C@@H]1C(=O)OC. The van der Waals surface area contributed by atoms with Gasteiger partial charge in [-0.2, -0.15) is 0 Å². The van der Waals surface area contributed by atoms with Crippen LogP contribution in [0.3, 0.4) is 0 Å². The van der Waals surface area contributed by atoms with Gasteiger partial charge in [0, 0.05) is 7.11 Å². The van der Waals surface area contributed by atoms with Gasteiger partial charge in [-0.1, -0.05) is 19.9 Å². The third kappa shape index (κ3) is 4.34. The van der Waals surface area contributed by atoms with Gasteiger partial charge in [0.1, 0.15) is 5.60 Å². The number of methoxy groups -OCH3 is 2. The number of carbonyl (C=O) groups excluding carboxylic acids is 1. The fourth-order valence-corrected chi connectivity index (χ4v) is 3.71. The first-order valence-corrected chi connectivity index (χ1v) is 8.05. The lowest BCUT2D eigenvalue weighted by molar-refractivity contribution is -0.175. The van der Waals surface area contributed by atoms with Crippen molar-refractivity contribution in [2.75, 3.05) is 27.4 Å². The molecule has 1 aliphatic rings. The van der Waals surface area contributed by atoms with Crippen LogP contribution < -0.4 is 0 Å². The number of aliphatic carboxylic acids is 1. The number of aliphatic hydroxyl groups is 2. The molecule has 24 heavy (non-hydrogen) atoms. The van der Waals surface area contributed by atoms with E-state index in [0.717, 1.165) is 0 Å². The maximum atomic E-state index is 12.4. The third-order valence-electron chi connectivity index (χ3n) is 4.91. The van der Waals surface area contributed by atoms with Gasteiger partial charge in [-0.05, 0) is 30.6 Å². The van der Waals surface area contributed by atoms with Crippen LogP contribution in [0.4, 0.5) is 0 Å².